The molecule has 0 bridgehead atoms. The zero-order chi connectivity index (χ0) is 9.26. The maximum atomic E-state index is 11.0. The average molecular weight is 241 g/mol. The summed E-state index contributed by atoms with van der Waals surface area (Å²) in [7, 11) is 0. The van der Waals surface area contributed by atoms with Crippen molar-refractivity contribution < 1.29 is 26.4 Å². The zero-order valence-electron chi connectivity index (χ0n) is 8.35. The summed E-state index contributed by atoms with van der Waals surface area (Å²) < 4.78 is 0. The van der Waals surface area contributed by atoms with E-state index in [1.54, 1.807) is 0 Å². The Kier molecular flexibility index (Phi) is 4.44. The van der Waals surface area contributed by atoms with Crippen molar-refractivity contribution in [3.63, 3.8) is 0 Å². The largest absolute Gasteiger partial charge is 0.481 e. The summed E-state index contributed by atoms with van der Waals surface area (Å²) in [5.41, 5.74) is 0. The Hall–Kier alpha value is -0.0365. The first kappa shape index (κ1) is 12.0. The maximum Gasteiger partial charge on any atom is 0.306 e. The molecule has 3 heteroatoms. The summed E-state index contributed by atoms with van der Waals surface area (Å²) in [6, 6.07) is 0. The van der Waals surface area contributed by atoms with Gasteiger partial charge in [-0.3, -0.25) is 4.79 Å². The van der Waals surface area contributed by atoms with Gasteiger partial charge in [-0.1, -0.05) is 32.1 Å². The first-order valence-electron chi connectivity index (χ1n) is 5.52. The topological polar surface area (TPSA) is 37.3 Å². The van der Waals surface area contributed by atoms with Crippen molar-refractivity contribution in [2.75, 3.05) is 0 Å². The molecule has 0 saturated heterocycles. The Morgan fingerprint density at radius 1 is 1.00 bits per heavy atom. The third kappa shape index (κ3) is 2.31. The quantitative estimate of drug-likeness (QED) is 0.716. The van der Waals surface area contributed by atoms with E-state index >= 15 is 0 Å². The van der Waals surface area contributed by atoms with Gasteiger partial charge in [0.25, 0.3) is 0 Å². The van der Waals surface area contributed by atoms with Gasteiger partial charge in [-0.05, 0) is 24.7 Å². The molecule has 2 aliphatic rings. The number of aliphatic carboxylic acids is 1. The number of fused-ring (bicyclic) bond motifs is 1. The van der Waals surface area contributed by atoms with Crippen LogP contribution in [0.4, 0.5) is 0 Å². The zero-order valence-corrected chi connectivity index (χ0v) is 9.34. The average Bonchev–Trinajstić information content (AvgIpc) is 2.17. The van der Waals surface area contributed by atoms with Gasteiger partial charge in [0.05, 0.1) is 5.92 Å². The van der Waals surface area contributed by atoms with E-state index in [-0.39, 0.29) is 22.4 Å². The number of hydrogen-bond acceptors (Lipinski definition) is 1. The second-order valence-corrected chi connectivity index (χ2v) is 4.58. The molecule has 84 valence electrons. The summed E-state index contributed by atoms with van der Waals surface area (Å²) >= 11 is 0. The van der Waals surface area contributed by atoms with Crippen LogP contribution in [0.1, 0.15) is 44.9 Å². The SMILES string of the molecule is O=C(O)C1CCCC2CCCCC21.[Ni]. The van der Waals surface area contributed by atoms with Gasteiger partial charge in [-0.15, -0.1) is 0 Å². The van der Waals surface area contributed by atoms with Crippen molar-refractivity contribution >= 4 is 5.97 Å². The third-order valence-corrected chi connectivity index (χ3v) is 3.89. The minimum Gasteiger partial charge on any atom is -0.481 e. The Morgan fingerprint density at radius 2 is 1.64 bits per heavy atom. The molecule has 0 aromatic rings. The van der Waals surface area contributed by atoms with Crippen LogP contribution in [0.15, 0.2) is 0 Å². The predicted octanol–water partition coefficient (Wildman–Crippen LogP) is 2.68. The number of rotatable bonds is 1. The van der Waals surface area contributed by atoms with Crippen LogP contribution in [0.25, 0.3) is 0 Å². The first-order chi connectivity index (χ1) is 6.29. The smallest absolute Gasteiger partial charge is 0.306 e. The summed E-state index contributed by atoms with van der Waals surface area (Å²) in [4.78, 5) is 11.0. The fourth-order valence-corrected chi connectivity index (χ4v) is 3.25. The molecular formula is C11H18NiO2. The summed E-state index contributed by atoms with van der Waals surface area (Å²) in [6.07, 6.45) is 8.39. The van der Waals surface area contributed by atoms with Gasteiger partial charge in [0, 0.05) is 16.5 Å². The van der Waals surface area contributed by atoms with E-state index in [1.165, 1.54) is 32.1 Å². The van der Waals surface area contributed by atoms with Crippen molar-refractivity contribution in [2.24, 2.45) is 17.8 Å². The molecule has 0 aromatic carbocycles. The van der Waals surface area contributed by atoms with Crippen LogP contribution in [0.2, 0.25) is 0 Å². The fourth-order valence-electron chi connectivity index (χ4n) is 3.25. The Bertz CT molecular complexity index is 203. The number of carboxylic acids is 1. The van der Waals surface area contributed by atoms with E-state index in [2.05, 4.69) is 0 Å². The van der Waals surface area contributed by atoms with Crippen molar-refractivity contribution in [1.82, 2.24) is 0 Å². The van der Waals surface area contributed by atoms with Crippen molar-refractivity contribution in [3.05, 3.63) is 0 Å². The summed E-state index contributed by atoms with van der Waals surface area (Å²) in [5, 5.41) is 9.08. The molecule has 0 amide bonds. The molecule has 2 fully saturated rings. The molecule has 0 spiro atoms. The summed E-state index contributed by atoms with van der Waals surface area (Å²) in [6.45, 7) is 0. The van der Waals surface area contributed by atoms with Gasteiger partial charge in [0.2, 0.25) is 0 Å². The molecular weight excluding hydrogens is 223 g/mol. The second kappa shape index (κ2) is 5.16. The van der Waals surface area contributed by atoms with E-state index in [9.17, 15) is 4.79 Å². The molecule has 0 radical (unpaired) electrons. The molecule has 0 heterocycles. The Balaban J connectivity index is 0.000000980. The molecule has 2 nitrogen and oxygen atoms in total. The standard InChI is InChI=1S/C11H18O2.Ni/c12-11(13)10-7-3-5-8-4-1-2-6-9(8)10;/h8-10H,1-7H2,(H,12,13);. The fraction of sp³-hybridized carbons (Fsp3) is 0.909. The van der Waals surface area contributed by atoms with Crippen LogP contribution >= 0.6 is 0 Å². The van der Waals surface area contributed by atoms with Crippen LogP contribution in [-0.2, 0) is 21.3 Å². The number of carboxylic acid groups (broad SMARTS) is 1. The van der Waals surface area contributed by atoms with Crippen molar-refractivity contribution in [2.45, 2.75) is 44.9 Å². The van der Waals surface area contributed by atoms with E-state index in [4.69, 9.17) is 5.11 Å². The van der Waals surface area contributed by atoms with Crippen molar-refractivity contribution in [3.8, 4) is 0 Å². The van der Waals surface area contributed by atoms with Gasteiger partial charge < -0.3 is 5.11 Å². The third-order valence-electron chi connectivity index (χ3n) is 3.89. The molecule has 1 N–H and O–H groups in total. The molecule has 2 saturated carbocycles. The van der Waals surface area contributed by atoms with E-state index in [0.29, 0.717) is 5.92 Å². The normalized spacial score (nSPS) is 36.7. The minimum atomic E-state index is -0.545. The maximum absolute atomic E-state index is 11.0. The second-order valence-electron chi connectivity index (χ2n) is 4.58. The predicted molar refractivity (Wildman–Crippen MR) is 50.4 cm³/mol. The van der Waals surface area contributed by atoms with Gasteiger partial charge in [-0.25, -0.2) is 0 Å². The van der Waals surface area contributed by atoms with Crippen LogP contribution < -0.4 is 0 Å². The molecule has 3 atom stereocenters. The monoisotopic (exact) mass is 240 g/mol. The van der Waals surface area contributed by atoms with E-state index in [1.807, 2.05) is 0 Å². The van der Waals surface area contributed by atoms with Gasteiger partial charge in [-0.2, -0.15) is 0 Å². The molecule has 3 unspecified atom stereocenters. The van der Waals surface area contributed by atoms with Gasteiger partial charge in [0.15, 0.2) is 0 Å². The first-order valence-corrected chi connectivity index (χ1v) is 5.52. The number of carbonyl (C=O) groups is 1. The number of hydrogen-bond donors (Lipinski definition) is 1. The molecule has 2 rings (SSSR count). The van der Waals surface area contributed by atoms with Gasteiger partial charge in [0.1, 0.15) is 0 Å². The van der Waals surface area contributed by atoms with Crippen LogP contribution in [0, 0.1) is 17.8 Å². The summed E-state index contributed by atoms with van der Waals surface area (Å²) in [5.74, 6) is 0.694. The minimum absolute atomic E-state index is 0. The van der Waals surface area contributed by atoms with Crippen LogP contribution in [0.3, 0.4) is 0 Å². The van der Waals surface area contributed by atoms with Gasteiger partial charge >= 0.3 is 5.97 Å². The molecule has 0 aliphatic heterocycles. The van der Waals surface area contributed by atoms with E-state index in [0.717, 1.165) is 18.8 Å². The molecule has 14 heavy (non-hydrogen) atoms. The van der Waals surface area contributed by atoms with Crippen molar-refractivity contribution in [1.29, 1.82) is 0 Å². The van der Waals surface area contributed by atoms with Crippen LogP contribution in [-0.4, -0.2) is 11.1 Å². The molecule has 2 aliphatic carbocycles. The van der Waals surface area contributed by atoms with Crippen LogP contribution in [0.5, 0.6) is 0 Å². The van der Waals surface area contributed by atoms with E-state index < -0.39 is 5.97 Å². The Morgan fingerprint density at radius 3 is 2.36 bits per heavy atom. The Labute approximate surface area is 95.4 Å². The molecule has 0 aromatic heterocycles.